The molecule has 0 saturated carbocycles. The lowest BCUT2D eigenvalue weighted by molar-refractivity contribution is 0.0999. The summed E-state index contributed by atoms with van der Waals surface area (Å²) in [6, 6.07) is 20.0. The summed E-state index contributed by atoms with van der Waals surface area (Å²) in [7, 11) is 0. The average Bonchev–Trinajstić information content (AvgIpc) is 2.73. The molecule has 1 fully saturated rings. The molecule has 0 aliphatic carbocycles. The van der Waals surface area contributed by atoms with Crippen molar-refractivity contribution in [2.45, 2.75) is 32.4 Å². The van der Waals surface area contributed by atoms with Crippen LogP contribution in [0.15, 0.2) is 54.6 Å². The predicted molar refractivity (Wildman–Crippen MR) is 136 cm³/mol. The number of hydrogen-bond acceptors (Lipinski definition) is 3. The monoisotopic (exact) mass is 550 g/mol. The van der Waals surface area contributed by atoms with E-state index in [4.69, 9.17) is 4.74 Å². The summed E-state index contributed by atoms with van der Waals surface area (Å²) in [5.74, 6) is 0. The Morgan fingerprint density at radius 2 is 1.59 bits per heavy atom. The molecule has 0 unspecified atom stereocenters. The fourth-order valence-electron chi connectivity index (χ4n) is 3.94. The van der Waals surface area contributed by atoms with Crippen LogP contribution >= 0.6 is 47.4 Å². The molecule has 0 radical (unpaired) electrons. The van der Waals surface area contributed by atoms with Gasteiger partial charge in [-0.1, -0.05) is 77.2 Å². The molecule has 0 aromatic heterocycles. The van der Waals surface area contributed by atoms with E-state index < -0.39 is 0 Å². The molecule has 3 rings (SSSR count). The van der Waals surface area contributed by atoms with Crippen molar-refractivity contribution >= 4 is 47.4 Å². The van der Waals surface area contributed by atoms with Crippen molar-refractivity contribution in [2.24, 2.45) is 0 Å². The summed E-state index contributed by atoms with van der Waals surface area (Å²) in [6.45, 7) is 8.90. The first-order chi connectivity index (χ1) is 13.3. The molecule has 0 spiro atoms. The van der Waals surface area contributed by atoms with E-state index in [1.807, 2.05) is 0 Å². The molecule has 0 N–H and O–H groups in total. The Balaban J connectivity index is 0.00000210. The molecule has 3 nitrogen and oxygen atoms in total. The number of nitrogens with zero attached hydrogens (tertiary/aromatic N) is 2. The maximum Gasteiger partial charge on any atom is 0.0983 e. The highest BCUT2D eigenvalue weighted by molar-refractivity contribution is 14.1. The number of ether oxygens (including phenoxy) is 1. The summed E-state index contributed by atoms with van der Waals surface area (Å²) in [5, 5.41) is 0. The quantitative estimate of drug-likeness (QED) is 0.292. The average molecular weight is 551 g/mol. The Labute approximate surface area is 202 Å². The van der Waals surface area contributed by atoms with Gasteiger partial charge in [0.15, 0.2) is 0 Å². The zero-order chi connectivity index (χ0) is 18.9. The lowest BCUT2D eigenvalue weighted by Gasteiger charge is -2.38. The third kappa shape index (κ3) is 8.35. The Morgan fingerprint density at radius 3 is 2.28 bits per heavy atom. The Morgan fingerprint density at radius 1 is 0.931 bits per heavy atom. The van der Waals surface area contributed by atoms with Gasteiger partial charge >= 0.3 is 0 Å². The minimum Gasteiger partial charge on any atom is -0.366 e. The number of hydrogen-bond donors (Lipinski definition) is 0. The van der Waals surface area contributed by atoms with E-state index in [2.05, 4.69) is 93.9 Å². The van der Waals surface area contributed by atoms with Crippen LogP contribution in [0, 0.1) is 0 Å². The van der Waals surface area contributed by atoms with E-state index in [0.717, 1.165) is 17.7 Å². The largest absolute Gasteiger partial charge is 0.366 e. The Hall–Kier alpha value is -0.370. The second kappa shape index (κ2) is 14.6. The van der Waals surface area contributed by atoms with Crippen LogP contribution in [0.25, 0.3) is 0 Å². The summed E-state index contributed by atoms with van der Waals surface area (Å²) >= 11 is 2.27. The van der Waals surface area contributed by atoms with Crippen molar-refractivity contribution in [3.8, 4) is 0 Å². The molecule has 6 heteroatoms. The summed E-state index contributed by atoms with van der Waals surface area (Å²) in [4.78, 5) is 5.24. The molecule has 1 aliphatic heterocycles. The molecule has 29 heavy (non-hydrogen) atoms. The van der Waals surface area contributed by atoms with Gasteiger partial charge < -0.3 is 9.64 Å². The van der Waals surface area contributed by atoms with E-state index in [9.17, 15) is 0 Å². The predicted octanol–water partition coefficient (Wildman–Crippen LogP) is 5.75. The smallest absolute Gasteiger partial charge is 0.0983 e. The van der Waals surface area contributed by atoms with Crippen molar-refractivity contribution in [1.82, 2.24) is 9.80 Å². The van der Waals surface area contributed by atoms with Gasteiger partial charge in [-0.3, -0.25) is 4.90 Å². The van der Waals surface area contributed by atoms with Crippen LogP contribution in [-0.4, -0.2) is 47.1 Å². The van der Waals surface area contributed by atoms with Gasteiger partial charge in [-0.15, -0.1) is 24.8 Å². The SMILES string of the molecule is C[C@@H](c1ccccc1COCI)N1CCN(CCCc2ccccc2)CC1.Cl.Cl. The van der Waals surface area contributed by atoms with Crippen molar-refractivity contribution in [2.75, 3.05) is 37.3 Å². The molecule has 1 aliphatic rings. The van der Waals surface area contributed by atoms with Crippen LogP contribution in [0.4, 0.5) is 0 Å². The van der Waals surface area contributed by atoms with Gasteiger partial charge in [-0.2, -0.15) is 0 Å². The molecule has 162 valence electrons. The van der Waals surface area contributed by atoms with Crippen molar-refractivity contribution in [1.29, 1.82) is 0 Å². The van der Waals surface area contributed by atoms with Crippen LogP contribution in [0.5, 0.6) is 0 Å². The third-order valence-electron chi connectivity index (χ3n) is 5.58. The van der Waals surface area contributed by atoms with E-state index >= 15 is 0 Å². The molecule has 2 aromatic carbocycles. The second-order valence-corrected chi connectivity index (χ2v) is 7.92. The molecule has 1 saturated heterocycles. The minimum absolute atomic E-state index is 0. The fourth-order valence-corrected chi connectivity index (χ4v) is 4.16. The van der Waals surface area contributed by atoms with E-state index in [-0.39, 0.29) is 24.8 Å². The van der Waals surface area contributed by atoms with Crippen LogP contribution in [-0.2, 0) is 17.8 Å². The van der Waals surface area contributed by atoms with Crippen LogP contribution in [0.3, 0.4) is 0 Å². The van der Waals surface area contributed by atoms with E-state index in [1.54, 1.807) is 0 Å². The van der Waals surface area contributed by atoms with Crippen molar-refractivity contribution in [3.63, 3.8) is 0 Å². The van der Waals surface area contributed by atoms with Gasteiger partial charge in [0.25, 0.3) is 0 Å². The fraction of sp³-hybridized carbons (Fsp3) is 0.478. The number of alkyl halides is 1. The number of piperazine rings is 1. The standard InChI is InChI=1S/C23H31IN2O.2ClH/c1-20(23-12-6-5-11-22(23)18-27-19-24)26-16-14-25(15-17-26)13-7-10-21-8-3-2-4-9-21;;/h2-6,8-9,11-12,20H,7,10,13-19H2,1H3;2*1H/t20-;;/m0../s1. The molecular formula is C23H33Cl2IN2O. The molecule has 0 bridgehead atoms. The summed E-state index contributed by atoms with van der Waals surface area (Å²) < 4.78 is 6.39. The highest BCUT2D eigenvalue weighted by Gasteiger charge is 2.23. The van der Waals surface area contributed by atoms with Crippen molar-refractivity contribution in [3.05, 3.63) is 71.3 Å². The van der Waals surface area contributed by atoms with Crippen LogP contribution < -0.4 is 0 Å². The van der Waals surface area contributed by atoms with Crippen molar-refractivity contribution < 1.29 is 4.74 Å². The molecule has 1 heterocycles. The van der Waals surface area contributed by atoms with Gasteiger partial charge in [0.1, 0.15) is 0 Å². The van der Waals surface area contributed by atoms with E-state index in [0.29, 0.717) is 12.6 Å². The maximum atomic E-state index is 5.66. The number of benzene rings is 2. The molecule has 2 aromatic rings. The highest BCUT2D eigenvalue weighted by atomic mass is 127. The van der Waals surface area contributed by atoms with Gasteiger partial charge in [0.05, 0.1) is 11.2 Å². The first kappa shape index (κ1) is 26.7. The zero-order valence-corrected chi connectivity index (χ0v) is 20.9. The van der Waals surface area contributed by atoms with Gasteiger partial charge in [-0.25, -0.2) is 0 Å². The highest BCUT2D eigenvalue weighted by Crippen LogP contribution is 2.25. The van der Waals surface area contributed by atoms with Crippen LogP contribution in [0.1, 0.15) is 36.1 Å². The van der Waals surface area contributed by atoms with E-state index in [1.165, 1.54) is 49.2 Å². The third-order valence-corrected chi connectivity index (χ3v) is 6.02. The zero-order valence-electron chi connectivity index (χ0n) is 17.1. The van der Waals surface area contributed by atoms with Gasteiger partial charge in [0, 0.05) is 32.2 Å². The second-order valence-electron chi connectivity index (χ2n) is 7.30. The van der Waals surface area contributed by atoms with Gasteiger partial charge in [0.2, 0.25) is 0 Å². The first-order valence-electron chi connectivity index (χ1n) is 10.00. The number of aryl methyl sites for hydroxylation is 1. The lowest BCUT2D eigenvalue weighted by atomic mass is 10.00. The summed E-state index contributed by atoms with van der Waals surface area (Å²) in [5.41, 5.74) is 4.20. The summed E-state index contributed by atoms with van der Waals surface area (Å²) in [6.07, 6.45) is 2.43. The number of rotatable bonds is 9. The molecule has 0 amide bonds. The topological polar surface area (TPSA) is 15.7 Å². The maximum absolute atomic E-state index is 5.66. The Kier molecular flexibility index (Phi) is 13.4. The Bertz CT molecular complexity index is 682. The lowest BCUT2D eigenvalue weighted by Crippen LogP contribution is -2.47. The first-order valence-corrected chi connectivity index (χ1v) is 11.5. The molecule has 1 atom stereocenters. The normalized spacial score (nSPS) is 15.9. The molecular weight excluding hydrogens is 518 g/mol. The number of halogens is 3. The van der Waals surface area contributed by atoms with Crippen LogP contribution in [0.2, 0.25) is 0 Å². The minimum atomic E-state index is 0. The van der Waals surface area contributed by atoms with Gasteiger partial charge in [-0.05, 0) is 43.0 Å².